The van der Waals surface area contributed by atoms with E-state index < -0.39 is 11.5 Å². The first kappa shape index (κ1) is 16.4. The first-order valence-corrected chi connectivity index (χ1v) is 8.58. The SMILES string of the molecule is NC(=O)C1(Cc2ccccc2)CN(C(=O)C2COc3ccccc3O2)C1. The van der Waals surface area contributed by atoms with Gasteiger partial charge < -0.3 is 20.1 Å². The van der Waals surface area contributed by atoms with Gasteiger partial charge in [-0.05, 0) is 24.1 Å². The molecule has 6 nitrogen and oxygen atoms in total. The highest BCUT2D eigenvalue weighted by Gasteiger charge is 2.51. The molecule has 134 valence electrons. The van der Waals surface area contributed by atoms with E-state index in [9.17, 15) is 9.59 Å². The van der Waals surface area contributed by atoms with Crippen LogP contribution in [0.4, 0.5) is 0 Å². The zero-order chi connectivity index (χ0) is 18.1. The van der Waals surface area contributed by atoms with Gasteiger partial charge in [0.15, 0.2) is 11.5 Å². The largest absolute Gasteiger partial charge is 0.485 e. The van der Waals surface area contributed by atoms with E-state index >= 15 is 0 Å². The molecule has 2 aliphatic rings. The number of hydrogen-bond donors (Lipinski definition) is 1. The van der Waals surface area contributed by atoms with E-state index in [0.29, 0.717) is 31.0 Å². The molecule has 2 aromatic carbocycles. The number of nitrogens with two attached hydrogens (primary N) is 1. The molecule has 2 N–H and O–H groups in total. The van der Waals surface area contributed by atoms with E-state index in [-0.39, 0.29) is 18.4 Å². The summed E-state index contributed by atoms with van der Waals surface area (Å²) in [6.07, 6.45) is -0.176. The smallest absolute Gasteiger partial charge is 0.267 e. The van der Waals surface area contributed by atoms with Crippen molar-refractivity contribution in [1.29, 1.82) is 0 Å². The van der Waals surface area contributed by atoms with Crippen LogP contribution in [0.5, 0.6) is 11.5 Å². The third-order valence-electron chi connectivity index (χ3n) is 4.99. The normalized spacial score (nSPS) is 20.2. The van der Waals surface area contributed by atoms with Crippen LogP contribution in [0.2, 0.25) is 0 Å². The molecule has 0 bridgehead atoms. The zero-order valence-electron chi connectivity index (χ0n) is 14.3. The van der Waals surface area contributed by atoms with Crippen molar-refractivity contribution in [2.24, 2.45) is 11.1 Å². The van der Waals surface area contributed by atoms with E-state index in [2.05, 4.69) is 0 Å². The second-order valence-electron chi connectivity index (χ2n) is 6.87. The Hall–Kier alpha value is -3.02. The van der Waals surface area contributed by atoms with Gasteiger partial charge in [-0.1, -0.05) is 42.5 Å². The summed E-state index contributed by atoms with van der Waals surface area (Å²) in [5, 5.41) is 0. The summed E-state index contributed by atoms with van der Waals surface area (Å²) in [6, 6.07) is 17.0. The summed E-state index contributed by atoms with van der Waals surface area (Å²) < 4.78 is 11.4. The van der Waals surface area contributed by atoms with Crippen molar-refractivity contribution in [1.82, 2.24) is 4.90 Å². The van der Waals surface area contributed by atoms with Gasteiger partial charge in [-0.25, -0.2) is 0 Å². The van der Waals surface area contributed by atoms with Gasteiger partial charge in [0, 0.05) is 13.1 Å². The number of rotatable bonds is 4. The number of likely N-dealkylation sites (tertiary alicyclic amines) is 1. The maximum Gasteiger partial charge on any atom is 0.267 e. The van der Waals surface area contributed by atoms with Crippen molar-refractivity contribution in [2.75, 3.05) is 19.7 Å². The number of para-hydroxylation sites is 2. The molecule has 6 heteroatoms. The highest BCUT2D eigenvalue weighted by Crippen LogP contribution is 2.36. The third-order valence-corrected chi connectivity index (χ3v) is 4.99. The lowest BCUT2D eigenvalue weighted by molar-refractivity contribution is -0.158. The zero-order valence-corrected chi connectivity index (χ0v) is 14.3. The van der Waals surface area contributed by atoms with Crippen LogP contribution in [-0.4, -0.2) is 42.5 Å². The molecular formula is C20H20N2O4. The second-order valence-corrected chi connectivity index (χ2v) is 6.87. The van der Waals surface area contributed by atoms with E-state index in [0.717, 1.165) is 5.56 Å². The molecule has 26 heavy (non-hydrogen) atoms. The van der Waals surface area contributed by atoms with Crippen LogP contribution < -0.4 is 15.2 Å². The van der Waals surface area contributed by atoms with Crippen LogP contribution in [-0.2, 0) is 16.0 Å². The molecule has 1 saturated heterocycles. The number of amides is 2. The van der Waals surface area contributed by atoms with Gasteiger partial charge in [-0.15, -0.1) is 0 Å². The minimum Gasteiger partial charge on any atom is -0.485 e. The topological polar surface area (TPSA) is 81.9 Å². The molecule has 2 aliphatic heterocycles. The Kier molecular flexibility index (Phi) is 4.03. The molecule has 0 radical (unpaired) electrons. The number of fused-ring (bicyclic) bond motifs is 1. The number of carbonyl (C=O) groups excluding carboxylic acids is 2. The lowest BCUT2D eigenvalue weighted by Crippen LogP contribution is -2.67. The van der Waals surface area contributed by atoms with E-state index in [1.54, 1.807) is 17.0 Å². The van der Waals surface area contributed by atoms with Gasteiger partial charge in [0.05, 0.1) is 5.41 Å². The number of nitrogens with zero attached hydrogens (tertiary/aromatic N) is 1. The number of carbonyl (C=O) groups is 2. The molecule has 1 atom stereocenters. The molecular weight excluding hydrogens is 332 g/mol. The Morgan fingerprint density at radius 2 is 1.69 bits per heavy atom. The lowest BCUT2D eigenvalue weighted by atomic mass is 9.74. The van der Waals surface area contributed by atoms with Crippen molar-refractivity contribution >= 4 is 11.8 Å². The van der Waals surface area contributed by atoms with Gasteiger partial charge in [-0.3, -0.25) is 9.59 Å². The average Bonchev–Trinajstić information content (AvgIpc) is 2.64. The van der Waals surface area contributed by atoms with Gasteiger partial charge in [0.25, 0.3) is 5.91 Å². The molecule has 2 aromatic rings. The van der Waals surface area contributed by atoms with Crippen LogP contribution in [0.15, 0.2) is 54.6 Å². The number of hydrogen-bond acceptors (Lipinski definition) is 4. The number of ether oxygens (including phenoxy) is 2. The van der Waals surface area contributed by atoms with Crippen molar-refractivity contribution in [3.63, 3.8) is 0 Å². The third kappa shape index (κ3) is 2.87. The van der Waals surface area contributed by atoms with E-state index in [4.69, 9.17) is 15.2 Å². The van der Waals surface area contributed by atoms with Crippen molar-refractivity contribution in [3.8, 4) is 11.5 Å². The predicted octanol–water partition coefficient (Wildman–Crippen LogP) is 1.38. The fourth-order valence-corrected chi connectivity index (χ4v) is 3.53. The monoisotopic (exact) mass is 352 g/mol. The highest BCUT2D eigenvalue weighted by molar-refractivity contribution is 5.89. The maximum absolute atomic E-state index is 12.7. The first-order chi connectivity index (χ1) is 12.6. The summed E-state index contributed by atoms with van der Waals surface area (Å²) in [7, 11) is 0. The number of benzene rings is 2. The van der Waals surface area contributed by atoms with Crippen LogP contribution in [0, 0.1) is 5.41 Å². The number of primary amides is 1. The van der Waals surface area contributed by atoms with Crippen molar-refractivity contribution < 1.29 is 19.1 Å². The molecule has 0 aromatic heterocycles. The van der Waals surface area contributed by atoms with Crippen LogP contribution in [0.1, 0.15) is 5.56 Å². The van der Waals surface area contributed by atoms with Crippen LogP contribution in [0.3, 0.4) is 0 Å². The van der Waals surface area contributed by atoms with Crippen molar-refractivity contribution in [2.45, 2.75) is 12.5 Å². The molecule has 0 aliphatic carbocycles. The summed E-state index contributed by atoms with van der Waals surface area (Å²) in [5.41, 5.74) is 5.97. The van der Waals surface area contributed by atoms with Gasteiger partial charge in [-0.2, -0.15) is 0 Å². The van der Waals surface area contributed by atoms with Gasteiger partial charge in [0.1, 0.15) is 6.61 Å². The molecule has 1 fully saturated rings. The van der Waals surface area contributed by atoms with E-state index in [1.165, 1.54) is 0 Å². The Bertz CT molecular complexity index is 831. The summed E-state index contributed by atoms with van der Waals surface area (Å²) in [6.45, 7) is 0.768. The Morgan fingerprint density at radius 3 is 2.38 bits per heavy atom. The molecule has 2 heterocycles. The molecule has 4 rings (SSSR count). The van der Waals surface area contributed by atoms with Crippen LogP contribution in [0.25, 0.3) is 0 Å². The minimum absolute atomic E-state index is 0.161. The summed E-state index contributed by atoms with van der Waals surface area (Å²) in [4.78, 5) is 26.4. The molecule has 0 spiro atoms. The second kappa shape index (κ2) is 6.37. The quantitative estimate of drug-likeness (QED) is 0.901. The van der Waals surface area contributed by atoms with E-state index in [1.807, 2.05) is 42.5 Å². The molecule has 2 amide bonds. The lowest BCUT2D eigenvalue weighted by Gasteiger charge is -2.49. The minimum atomic E-state index is -0.718. The molecule has 1 unspecified atom stereocenters. The standard InChI is InChI=1S/C20H20N2O4/c21-19(24)20(10-14-6-2-1-3-7-14)12-22(13-20)18(23)17-11-25-15-8-4-5-9-16(15)26-17/h1-9,17H,10-13H2,(H2,21,24). The Balaban J connectivity index is 1.43. The maximum atomic E-state index is 12.7. The van der Waals surface area contributed by atoms with Gasteiger partial charge >= 0.3 is 0 Å². The van der Waals surface area contributed by atoms with Crippen LogP contribution >= 0.6 is 0 Å². The Labute approximate surface area is 151 Å². The molecule has 0 saturated carbocycles. The summed E-state index contributed by atoms with van der Waals surface area (Å²) in [5.74, 6) is 0.639. The fraction of sp³-hybridized carbons (Fsp3) is 0.300. The van der Waals surface area contributed by atoms with Crippen molar-refractivity contribution in [3.05, 3.63) is 60.2 Å². The first-order valence-electron chi connectivity index (χ1n) is 8.58. The fourth-order valence-electron chi connectivity index (χ4n) is 3.53. The Morgan fingerprint density at radius 1 is 1.04 bits per heavy atom. The summed E-state index contributed by atoms with van der Waals surface area (Å²) >= 11 is 0. The highest BCUT2D eigenvalue weighted by atomic mass is 16.6. The van der Waals surface area contributed by atoms with Gasteiger partial charge in [0.2, 0.25) is 12.0 Å². The predicted molar refractivity (Wildman–Crippen MR) is 94.7 cm³/mol. The average molecular weight is 352 g/mol.